The molecule has 3 nitrogen and oxygen atoms in total. The summed E-state index contributed by atoms with van der Waals surface area (Å²) in [4.78, 5) is 4.64. The molecule has 0 bridgehead atoms. The minimum Gasteiger partial charge on any atom is -0.393 e. The zero-order valence-corrected chi connectivity index (χ0v) is 12.0. The molecule has 0 fully saturated rings. The molecular weight excluding hydrogens is 307 g/mol. The average Bonchev–Trinajstić information content (AvgIpc) is 2.65. The van der Waals surface area contributed by atoms with Crippen LogP contribution in [0.15, 0.2) is 24.3 Å². The molecule has 0 saturated carbocycles. The van der Waals surface area contributed by atoms with Crippen LogP contribution in [-0.2, 0) is 13.0 Å². The second-order valence-corrected chi connectivity index (χ2v) is 5.79. The fraction of sp³-hybridized carbons (Fsp3) is 0.333. The second-order valence-electron chi connectivity index (χ2n) is 4.11. The van der Waals surface area contributed by atoms with E-state index in [0.29, 0.717) is 5.82 Å². The molecule has 0 aliphatic heterocycles. The molecule has 8 heteroatoms. The fourth-order valence-electron chi connectivity index (χ4n) is 1.92. The normalized spacial score (nSPS) is 11.9. The summed E-state index contributed by atoms with van der Waals surface area (Å²) in [6.07, 6.45) is 0.278. The minimum absolute atomic E-state index is 0.0448. The lowest BCUT2D eigenvalue weighted by Crippen LogP contribution is -2.16. The van der Waals surface area contributed by atoms with E-state index in [1.54, 1.807) is 4.57 Å². The van der Waals surface area contributed by atoms with Gasteiger partial charge in [0.05, 0.1) is 22.4 Å². The van der Waals surface area contributed by atoms with Gasteiger partial charge in [0.25, 0.3) is 0 Å². The Morgan fingerprint density at radius 1 is 1.35 bits per heavy atom. The number of thioether (sulfide) groups is 1. The lowest BCUT2D eigenvalue weighted by molar-refractivity contribution is -0.0328. The van der Waals surface area contributed by atoms with Gasteiger partial charge in [-0.3, -0.25) is 0 Å². The second kappa shape index (κ2) is 6.01. The molecule has 0 atom stereocenters. The van der Waals surface area contributed by atoms with E-state index < -0.39 is 5.51 Å². The zero-order valence-electron chi connectivity index (χ0n) is 10.4. The van der Waals surface area contributed by atoms with Gasteiger partial charge in [-0.25, -0.2) is 4.98 Å². The van der Waals surface area contributed by atoms with Crippen LogP contribution in [0.2, 0.25) is 0 Å². The molecule has 0 spiro atoms. The highest BCUT2D eigenvalue weighted by Gasteiger charge is 2.27. The molecule has 2 N–H and O–H groups in total. The van der Waals surface area contributed by atoms with Crippen molar-refractivity contribution in [1.82, 2.24) is 9.55 Å². The third-order valence-electron chi connectivity index (χ3n) is 2.65. The number of nitrogens with zero attached hydrogens (tertiary/aromatic N) is 2. The van der Waals surface area contributed by atoms with Gasteiger partial charge in [-0.05, 0) is 23.9 Å². The van der Waals surface area contributed by atoms with Gasteiger partial charge in [0, 0.05) is 12.3 Å². The first kappa shape index (κ1) is 15.1. The van der Waals surface area contributed by atoms with E-state index in [-0.39, 0.29) is 35.5 Å². The number of alkyl halides is 3. The number of aryl methyl sites for hydroxylation is 1. The van der Waals surface area contributed by atoms with Crippen molar-refractivity contribution in [3.05, 3.63) is 30.1 Å². The van der Waals surface area contributed by atoms with Gasteiger partial charge < -0.3 is 10.3 Å². The van der Waals surface area contributed by atoms with Crippen molar-refractivity contribution in [1.29, 1.82) is 0 Å². The molecule has 108 valence electrons. The molecule has 1 aromatic carbocycles. The highest BCUT2D eigenvalue weighted by molar-refractivity contribution is 8.00. The summed E-state index contributed by atoms with van der Waals surface area (Å²) in [7, 11) is 0. The summed E-state index contributed by atoms with van der Waals surface area (Å²) >= 11 is 4.81. The number of benzene rings is 1. The minimum atomic E-state index is -4.22. The van der Waals surface area contributed by atoms with Crippen LogP contribution in [-0.4, -0.2) is 25.8 Å². The maximum atomic E-state index is 12.2. The Labute approximate surface area is 123 Å². The van der Waals surface area contributed by atoms with Crippen LogP contribution in [0.1, 0.15) is 5.82 Å². The smallest absolute Gasteiger partial charge is 0.393 e. The van der Waals surface area contributed by atoms with E-state index in [9.17, 15) is 13.2 Å². The first-order chi connectivity index (χ1) is 9.37. The van der Waals surface area contributed by atoms with Gasteiger partial charge in [0.15, 0.2) is 0 Å². The summed E-state index contributed by atoms with van der Waals surface area (Å²) in [6, 6.07) is 7.28. The molecule has 2 aromatic rings. The molecular formula is C12H12F3N3S2. The lowest BCUT2D eigenvalue weighted by Gasteiger charge is -2.10. The quantitative estimate of drug-likeness (QED) is 0.860. The summed E-state index contributed by atoms with van der Waals surface area (Å²) in [5, 5.41) is 0. The van der Waals surface area contributed by atoms with Gasteiger partial charge >= 0.3 is 5.51 Å². The van der Waals surface area contributed by atoms with Crippen LogP contribution in [0.25, 0.3) is 11.0 Å². The number of fused-ring (bicyclic) bond motifs is 1. The molecule has 20 heavy (non-hydrogen) atoms. The van der Waals surface area contributed by atoms with Gasteiger partial charge in [-0.2, -0.15) is 13.2 Å². The van der Waals surface area contributed by atoms with Gasteiger partial charge in [-0.15, -0.1) is 0 Å². The Bertz CT molecular complexity index is 622. The van der Waals surface area contributed by atoms with E-state index in [1.807, 2.05) is 24.3 Å². The Hall–Kier alpha value is -1.28. The number of imidazole rings is 1. The Balaban J connectivity index is 2.26. The van der Waals surface area contributed by atoms with Crippen molar-refractivity contribution in [3.8, 4) is 0 Å². The lowest BCUT2D eigenvalue weighted by atomic mass is 10.3. The maximum absolute atomic E-state index is 12.2. The van der Waals surface area contributed by atoms with Crippen molar-refractivity contribution in [2.75, 3.05) is 5.75 Å². The molecule has 0 radical (unpaired) electrons. The van der Waals surface area contributed by atoms with E-state index >= 15 is 0 Å². The van der Waals surface area contributed by atoms with Crippen molar-refractivity contribution >= 4 is 40.0 Å². The standard InChI is InChI=1S/C12H12F3N3S2/c13-12(14,15)20-6-5-18-9-4-2-1-3-8(9)17-11(18)7-10(16)19/h1-4H,5-7H2,(H2,16,19). The van der Waals surface area contributed by atoms with E-state index in [1.165, 1.54) is 0 Å². The fourth-order valence-corrected chi connectivity index (χ4v) is 2.55. The molecule has 0 saturated heterocycles. The van der Waals surface area contributed by atoms with Crippen LogP contribution >= 0.6 is 24.0 Å². The molecule has 0 amide bonds. The van der Waals surface area contributed by atoms with Crippen molar-refractivity contribution in [2.45, 2.75) is 18.5 Å². The topological polar surface area (TPSA) is 43.8 Å². The number of para-hydroxylation sites is 2. The molecule has 1 heterocycles. The monoisotopic (exact) mass is 319 g/mol. The number of hydrogen-bond donors (Lipinski definition) is 1. The average molecular weight is 319 g/mol. The summed E-state index contributed by atoms with van der Waals surface area (Å²) in [5.74, 6) is 0.523. The van der Waals surface area contributed by atoms with Crippen LogP contribution in [0.3, 0.4) is 0 Å². The van der Waals surface area contributed by atoms with E-state index in [0.717, 1.165) is 11.0 Å². The summed E-state index contributed by atoms with van der Waals surface area (Å²) in [6.45, 7) is 0.211. The predicted octanol–water partition coefficient (Wildman–Crippen LogP) is 3.12. The zero-order chi connectivity index (χ0) is 14.8. The van der Waals surface area contributed by atoms with E-state index in [4.69, 9.17) is 18.0 Å². The van der Waals surface area contributed by atoms with Gasteiger partial charge in [-0.1, -0.05) is 24.4 Å². The first-order valence-corrected chi connectivity index (χ1v) is 7.19. The SMILES string of the molecule is NC(=S)Cc1nc2ccccc2n1CCSC(F)(F)F. The first-order valence-electron chi connectivity index (χ1n) is 5.80. The third kappa shape index (κ3) is 3.86. The van der Waals surface area contributed by atoms with E-state index in [2.05, 4.69) is 4.98 Å². The largest absolute Gasteiger partial charge is 0.441 e. The molecule has 1 aromatic heterocycles. The molecule has 0 aliphatic rings. The number of rotatable bonds is 5. The number of hydrogen-bond acceptors (Lipinski definition) is 3. The summed E-state index contributed by atoms with van der Waals surface area (Å²) in [5.41, 5.74) is 2.81. The Morgan fingerprint density at radius 3 is 2.70 bits per heavy atom. The third-order valence-corrected chi connectivity index (χ3v) is 3.50. The van der Waals surface area contributed by atoms with Gasteiger partial charge in [0.1, 0.15) is 5.82 Å². The van der Waals surface area contributed by atoms with Crippen molar-refractivity contribution < 1.29 is 13.2 Å². The van der Waals surface area contributed by atoms with Crippen molar-refractivity contribution in [2.24, 2.45) is 5.73 Å². The molecule has 0 aliphatic carbocycles. The van der Waals surface area contributed by atoms with Crippen LogP contribution in [0.5, 0.6) is 0 Å². The number of nitrogens with two attached hydrogens (primary N) is 1. The van der Waals surface area contributed by atoms with Crippen LogP contribution in [0, 0.1) is 0 Å². The molecule has 0 unspecified atom stereocenters. The van der Waals surface area contributed by atoms with Gasteiger partial charge in [0.2, 0.25) is 0 Å². The maximum Gasteiger partial charge on any atom is 0.441 e. The van der Waals surface area contributed by atoms with Crippen LogP contribution in [0.4, 0.5) is 13.2 Å². The van der Waals surface area contributed by atoms with Crippen molar-refractivity contribution in [3.63, 3.8) is 0 Å². The Kier molecular flexibility index (Phi) is 4.54. The molecule has 2 rings (SSSR count). The predicted molar refractivity (Wildman–Crippen MR) is 78.7 cm³/mol. The van der Waals surface area contributed by atoms with Crippen LogP contribution < -0.4 is 5.73 Å². The number of thiocarbonyl (C=S) groups is 1. The number of halogens is 3. The summed E-state index contributed by atoms with van der Waals surface area (Å²) < 4.78 is 38.4. The highest BCUT2D eigenvalue weighted by atomic mass is 32.2. The Morgan fingerprint density at radius 2 is 2.05 bits per heavy atom. The highest BCUT2D eigenvalue weighted by Crippen LogP contribution is 2.30. The number of aromatic nitrogens is 2.